The molecule has 0 unspecified atom stereocenters. The van der Waals surface area contributed by atoms with Crippen LogP contribution in [0.15, 0.2) is 71.6 Å². The van der Waals surface area contributed by atoms with E-state index in [1.54, 1.807) is 36.4 Å². The second-order valence-electron chi connectivity index (χ2n) is 7.11. The molecular weight excluding hydrogens is 420 g/mol. The molecule has 3 aromatic carbocycles. The third kappa shape index (κ3) is 4.90. The first kappa shape index (κ1) is 22.0. The van der Waals surface area contributed by atoms with Gasteiger partial charge in [0.2, 0.25) is 10.0 Å². The molecule has 0 aliphatic rings. The summed E-state index contributed by atoms with van der Waals surface area (Å²) in [6.45, 7) is 4.14. The molecule has 1 N–H and O–H groups in total. The number of hydrogen-bond donors (Lipinski definition) is 1. The Morgan fingerprint density at radius 1 is 0.967 bits per heavy atom. The van der Waals surface area contributed by atoms with Crippen molar-refractivity contribution >= 4 is 33.2 Å². The average Bonchev–Trinajstić information content (AvgIpc) is 2.72. The highest BCUT2D eigenvalue weighted by Crippen LogP contribution is 2.21. The van der Waals surface area contributed by atoms with Crippen LogP contribution >= 0.6 is 11.6 Å². The molecule has 0 saturated carbocycles. The number of nitrogens with one attached hydrogen (secondary N) is 1. The van der Waals surface area contributed by atoms with Crippen LogP contribution in [-0.2, 0) is 16.6 Å². The summed E-state index contributed by atoms with van der Waals surface area (Å²) < 4.78 is 26.7. The number of anilines is 1. The third-order valence-electron chi connectivity index (χ3n) is 5.00. The molecule has 0 atom stereocenters. The van der Waals surface area contributed by atoms with Gasteiger partial charge in [-0.25, -0.2) is 8.42 Å². The van der Waals surface area contributed by atoms with Crippen LogP contribution in [0.2, 0.25) is 5.02 Å². The monoisotopic (exact) mass is 442 g/mol. The Morgan fingerprint density at radius 2 is 1.60 bits per heavy atom. The summed E-state index contributed by atoms with van der Waals surface area (Å²) in [6, 6.07) is 18.7. The van der Waals surface area contributed by atoms with E-state index in [4.69, 9.17) is 11.6 Å². The average molecular weight is 443 g/mol. The first-order valence-corrected chi connectivity index (χ1v) is 11.2. The fourth-order valence-electron chi connectivity index (χ4n) is 2.97. The summed E-state index contributed by atoms with van der Waals surface area (Å²) in [5.41, 5.74) is 4.18. The van der Waals surface area contributed by atoms with Crippen LogP contribution in [0.4, 0.5) is 5.69 Å². The lowest BCUT2D eigenvalue weighted by Crippen LogP contribution is -2.26. The summed E-state index contributed by atoms with van der Waals surface area (Å²) in [7, 11) is -2.12. The molecule has 3 rings (SSSR count). The minimum absolute atomic E-state index is 0.180. The molecule has 5 nitrogen and oxygen atoms in total. The molecule has 0 spiro atoms. The van der Waals surface area contributed by atoms with Gasteiger partial charge in [0.05, 0.1) is 4.90 Å². The van der Waals surface area contributed by atoms with Crippen LogP contribution in [0.25, 0.3) is 0 Å². The second-order valence-corrected chi connectivity index (χ2v) is 9.59. The maximum Gasteiger partial charge on any atom is 0.255 e. The molecule has 3 aromatic rings. The zero-order valence-corrected chi connectivity index (χ0v) is 18.6. The standard InChI is InChI=1S/C23H23ClN2O3S/c1-16-5-4-6-22(17(16)2)25-23(27)19-9-7-18(8-10-19)15-26(3)30(28,29)21-13-11-20(24)12-14-21/h4-14H,15H2,1-3H3,(H,25,27). The van der Waals surface area contributed by atoms with Crippen molar-refractivity contribution in [3.63, 3.8) is 0 Å². The van der Waals surface area contributed by atoms with Gasteiger partial charge in [-0.3, -0.25) is 4.79 Å². The molecule has 30 heavy (non-hydrogen) atoms. The number of carbonyl (C=O) groups is 1. The quantitative estimate of drug-likeness (QED) is 0.582. The normalized spacial score (nSPS) is 11.5. The number of sulfonamides is 1. The van der Waals surface area contributed by atoms with Gasteiger partial charge in [-0.1, -0.05) is 35.9 Å². The summed E-state index contributed by atoms with van der Waals surface area (Å²) in [5, 5.41) is 3.40. The third-order valence-corrected chi connectivity index (χ3v) is 7.07. The molecule has 0 radical (unpaired) electrons. The molecule has 0 aliphatic heterocycles. The van der Waals surface area contributed by atoms with Crippen LogP contribution in [-0.4, -0.2) is 25.7 Å². The Labute approximate surface area is 182 Å². The van der Waals surface area contributed by atoms with E-state index in [0.717, 1.165) is 22.4 Å². The number of benzene rings is 3. The van der Waals surface area contributed by atoms with Crippen LogP contribution in [0.5, 0.6) is 0 Å². The summed E-state index contributed by atoms with van der Waals surface area (Å²) in [6.07, 6.45) is 0. The maximum absolute atomic E-state index is 12.7. The smallest absolute Gasteiger partial charge is 0.255 e. The molecule has 156 valence electrons. The van der Waals surface area contributed by atoms with E-state index in [1.165, 1.54) is 23.5 Å². The van der Waals surface area contributed by atoms with Crippen molar-refractivity contribution < 1.29 is 13.2 Å². The first-order chi connectivity index (χ1) is 14.2. The molecule has 1 amide bonds. The van der Waals surface area contributed by atoms with Gasteiger partial charge in [-0.05, 0) is 73.0 Å². The highest BCUT2D eigenvalue weighted by atomic mass is 35.5. The lowest BCUT2D eigenvalue weighted by Gasteiger charge is -2.17. The largest absolute Gasteiger partial charge is 0.322 e. The number of amides is 1. The Morgan fingerprint density at radius 3 is 2.23 bits per heavy atom. The predicted molar refractivity (Wildman–Crippen MR) is 120 cm³/mol. The number of aryl methyl sites for hydroxylation is 1. The van der Waals surface area contributed by atoms with Gasteiger partial charge < -0.3 is 5.32 Å². The van der Waals surface area contributed by atoms with Gasteiger partial charge in [0, 0.05) is 29.9 Å². The van der Waals surface area contributed by atoms with Crippen LogP contribution in [0, 0.1) is 13.8 Å². The van der Waals surface area contributed by atoms with Gasteiger partial charge in [0.15, 0.2) is 0 Å². The van der Waals surface area contributed by atoms with Gasteiger partial charge in [-0.2, -0.15) is 4.31 Å². The fraction of sp³-hybridized carbons (Fsp3) is 0.174. The molecule has 0 aliphatic carbocycles. The van der Waals surface area contributed by atoms with E-state index in [2.05, 4.69) is 5.32 Å². The molecular formula is C23H23ClN2O3S. The minimum atomic E-state index is -3.63. The van der Waals surface area contributed by atoms with Crippen molar-refractivity contribution in [1.29, 1.82) is 0 Å². The maximum atomic E-state index is 12.7. The van der Waals surface area contributed by atoms with E-state index in [0.29, 0.717) is 10.6 Å². The number of nitrogens with zero attached hydrogens (tertiary/aromatic N) is 1. The van der Waals surface area contributed by atoms with E-state index >= 15 is 0 Å². The number of hydrogen-bond acceptors (Lipinski definition) is 3. The lowest BCUT2D eigenvalue weighted by molar-refractivity contribution is 0.102. The van der Waals surface area contributed by atoms with Gasteiger partial charge in [0.25, 0.3) is 5.91 Å². The molecule has 0 bridgehead atoms. The number of carbonyl (C=O) groups excluding carboxylic acids is 1. The Kier molecular flexibility index (Phi) is 6.61. The van der Waals surface area contributed by atoms with Crippen LogP contribution in [0.1, 0.15) is 27.0 Å². The number of rotatable bonds is 6. The zero-order valence-electron chi connectivity index (χ0n) is 17.0. The first-order valence-electron chi connectivity index (χ1n) is 9.37. The molecule has 0 saturated heterocycles. The lowest BCUT2D eigenvalue weighted by atomic mass is 10.1. The Bertz CT molecular complexity index is 1160. The van der Waals surface area contributed by atoms with E-state index in [9.17, 15) is 13.2 Å². The van der Waals surface area contributed by atoms with Crippen molar-refractivity contribution in [1.82, 2.24) is 4.31 Å². The van der Waals surface area contributed by atoms with Crippen LogP contribution in [0.3, 0.4) is 0 Å². The van der Waals surface area contributed by atoms with Crippen molar-refractivity contribution in [2.24, 2.45) is 0 Å². The predicted octanol–water partition coefficient (Wildman–Crippen LogP) is 5.03. The molecule has 7 heteroatoms. The summed E-state index contributed by atoms with van der Waals surface area (Å²) in [5.74, 6) is -0.211. The second kappa shape index (κ2) is 9.00. The Hall–Kier alpha value is -2.67. The van der Waals surface area contributed by atoms with Crippen molar-refractivity contribution in [2.45, 2.75) is 25.3 Å². The van der Waals surface area contributed by atoms with Crippen LogP contribution < -0.4 is 5.32 Å². The van der Waals surface area contributed by atoms with Crippen molar-refractivity contribution in [3.05, 3.63) is 94.0 Å². The molecule has 0 aromatic heterocycles. The molecule has 0 heterocycles. The van der Waals surface area contributed by atoms with Gasteiger partial charge >= 0.3 is 0 Å². The van der Waals surface area contributed by atoms with Crippen molar-refractivity contribution in [3.8, 4) is 0 Å². The fourth-order valence-corrected chi connectivity index (χ4v) is 4.26. The topological polar surface area (TPSA) is 66.5 Å². The highest BCUT2D eigenvalue weighted by molar-refractivity contribution is 7.89. The minimum Gasteiger partial charge on any atom is -0.322 e. The number of halogens is 1. The van der Waals surface area contributed by atoms with Gasteiger partial charge in [0.1, 0.15) is 0 Å². The van der Waals surface area contributed by atoms with E-state index in [-0.39, 0.29) is 17.3 Å². The zero-order chi connectivity index (χ0) is 21.9. The van der Waals surface area contributed by atoms with Crippen molar-refractivity contribution in [2.75, 3.05) is 12.4 Å². The molecule has 0 fully saturated rings. The SMILES string of the molecule is Cc1cccc(NC(=O)c2ccc(CN(C)S(=O)(=O)c3ccc(Cl)cc3)cc2)c1C. The highest BCUT2D eigenvalue weighted by Gasteiger charge is 2.21. The van der Waals surface area contributed by atoms with Gasteiger partial charge in [-0.15, -0.1) is 0 Å². The van der Waals surface area contributed by atoms with E-state index < -0.39 is 10.0 Å². The van der Waals surface area contributed by atoms with E-state index in [1.807, 2.05) is 32.0 Å². The Balaban J connectivity index is 1.70. The summed E-state index contributed by atoms with van der Waals surface area (Å²) in [4.78, 5) is 12.7. The summed E-state index contributed by atoms with van der Waals surface area (Å²) >= 11 is 5.84.